The quantitative estimate of drug-likeness (QED) is 0.776. The van der Waals surface area contributed by atoms with Crippen LogP contribution in [0.5, 0.6) is 11.5 Å². The summed E-state index contributed by atoms with van der Waals surface area (Å²) < 4.78 is 16.2. The van der Waals surface area contributed by atoms with Gasteiger partial charge < -0.3 is 24.2 Å². The standard InChI is InChI=1S/C18H24ClNO6/c1-10(2)9-26-16-13(19)5-11(6-15(16)25-4)17(21)20-8-12(24-3)7-14(20)18(22)23/h5-6,10,12,14H,7-9H2,1-4H3,(H,22,23). The fraction of sp³-hybridized carbons (Fsp3) is 0.556. The van der Waals surface area contributed by atoms with Gasteiger partial charge in [0.25, 0.3) is 5.91 Å². The van der Waals surface area contributed by atoms with Gasteiger partial charge in [-0.25, -0.2) is 4.79 Å². The van der Waals surface area contributed by atoms with E-state index in [-0.39, 0.29) is 29.7 Å². The van der Waals surface area contributed by atoms with Gasteiger partial charge in [-0.3, -0.25) is 4.79 Å². The first-order valence-corrected chi connectivity index (χ1v) is 8.73. The van der Waals surface area contributed by atoms with Crippen LogP contribution in [0.3, 0.4) is 0 Å². The van der Waals surface area contributed by atoms with Crippen LogP contribution in [0.2, 0.25) is 5.02 Å². The van der Waals surface area contributed by atoms with E-state index in [0.29, 0.717) is 24.0 Å². The largest absolute Gasteiger partial charge is 0.493 e. The Morgan fingerprint density at radius 1 is 1.35 bits per heavy atom. The fourth-order valence-electron chi connectivity index (χ4n) is 2.83. The van der Waals surface area contributed by atoms with E-state index in [1.54, 1.807) is 0 Å². The number of benzene rings is 1. The molecule has 26 heavy (non-hydrogen) atoms. The van der Waals surface area contributed by atoms with Crippen LogP contribution in [0.4, 0.5) is 0 Å². The second-order valence-corrected chi connectivity index (χ2v) is 7.01. The van der Waals surface area contributed by atoms with Crippen molar-refractivity contribution in [2.24, 2.45) is 5.92 Å². The summed E-state index contributed by atoms with van der Waals surface area (Å²) >= 11 is 6.29. The molecule has 1 aromatic rings. The predicted molar refractivity (Wildman–Crippen MR) is 96.2 cm³/mol. The van der Waals surface area contributed by atoms with Crippen molar-refractivity contribution < 1.29 is 28.9 Å². The lowest BCUT2D eigenvalue weighted by molar-refractivity contribution is -0.141. The summed E-state index contributed by atoms with van der Waals surface area (Å²) in [5, 5.41) is 9.63. The van der Waals surface area contributed by atoms with E-state index in [2.05, 4.69) is 0 Å². The molecule has 2 atom stereocenters. The minimum atomic E-state index is -1.06. The Labute approximate surface area is 157 Å². The highest BCUT2D eigenvalue weighted by molar-refractivity contribution is 6.32. The van der Waals surface area contributed by atoms with E-state index in [1.807, 2.05) is 13.8 Å². The van der Waals surface area contributed by atoms with Gasteiger partial charge in [-0.05, 0) is 18.1 Å². The number of likely N-dealkylation sites (tertiary alicyclic amines) is 1. The van der Waals surface area contributed by atoms with Crippen molar-refractivity contribution in [1.82, 2.24) is 4.90 Å². The number of halogens is 1. The maximum Gasteiger partial charge on any atom is 0.326 e. The highest BCUT2D eigenvalue weighted by Gasteiger charge is 2.40. The third kappa shape index (κ3) is 4.40. The summed E-state index contributed by atoms with van der Waals surface area (Å²) in [5.74, 6) is -0.509. The molecule has 0 saturated carbocycles. The third-order valence-corrected chi connectivity index (χ3v) is 4.46. The monoisotopic (exact) mass is 385 g/mol. The smallest absolute Gasteiger partial charge is 0.326 e. The summed E-state index contributed by atoms with van der Waals surface area (Å²) in [7, 11) is 2.96. The zero-order chi connectivity index (χ0) is 19.4. The Bertz CT molecular complexity index is 678. The maximum absolute atomic E-state index is 12.9. The molecule has 0 spiro atoms. The second-order valence-electron chi connectivity index (χ2n) is 6.60. The first-order chi connectivity index (χ1) is 12.3. The minimum absolute atomic E-state index is 0.206. The molecule has 1 aliphatic rings. The third-order valence-electron chi connectivity index (χ3n) is 4.18. The number of methoxy groups -OCH3 is 2. The molecule has 1 heterocycles. The van der Waals surface area contributed by atoms with Gasteiger partial charge in [0, 0.05) is 25.6 Å². The van der Waals surface area contributed by atoms with Crippen LogP contribution < -0.4 is 9.47 Å². The van der Waals surface area contributed by atoms with E-state index >= 15 is 0 Å². The molecule has 8 heteroatoms. The van der Waals surface area contributed by atoms with Gasteiger partial charge in [0.05, 0.1) is 24.8 Å². The van der Waals surface area contributed by atoms with Gasteiger partial charge in [-0.1, -0.05) is 25.4 Å². The number of ether oxygens (including phenoxy) is 3. The first kappa shape index (κ1) is 20.3. The zero-order valence-corrected chi connectivity index (χ0v) is 16.1. The van der Waals surface area contributed by atoms with Gasteiger partial charge in [-0.15, -0.1) is 0 Å². The maximum atomic E-state index is 12.9. The molecule has 1 N–H and O–H groups in total. The van der Waals surface area contributed by atoms with E-state index < -0.39 is 17.9 Å². The summed E-state index contributed by atoms with van der Waals surface area (Å²) in [6, 6.07) is 2.05. The van der Waals surface area contributed by atoms with Crippen molar-refractivity contribution in [3.8, 4) is 11.5 Å². The van der Waals surface area contributed by atoms with Crippen LogP contribution in [0.1, 0.15) is 30.6 Å². The van der Waals surface area contributed by atoms with Gasteiger partial charge in [0.15, 0.2) is 11.5 Å². The predicted octanol–water partition coefficient (Wildman–Crippen LogP) is 2.70. The van der Waals surface area contributed by atoms with Gasteiger partial charge in [0.2, 0.25) is 0 Å². The Kier molecular flexibility index (Phi) is 6.72. The molecule has 0 aromatic heterocycles. The van der Waals surface area contributed by atoms with Crippen LogP contribution in [0.15, 0.2) is 12.1 Å². The van der Waals surface area contributed by atoms with Crippen molar-refractivity contribution in [1.29, 1.82) is 0 Å². The average Bonchev–Trinajstić information content (AvgIpc) is 3.03. The molecule has 2 rings (SSSR count). The molecule has 0 aliphatic carbocycles. The molecule has 7 nitrogen and oxygen atoms in total. The number of carbonyl (C=O) groups is 2. The lowest BCUT2D eigenvalue weighted by Gasteiger charge is -2.22. The number of carbonyl (C=O) groups excluding carboxylic acids is 1. The summed E-state index contributed by atoms with van der Waals surface area (Å²) in [6.45, 7) is 4.66. The number of rotatable bonds is 7. The van der Waals surface area contributed by atoms with Crippen LogP contribution in [0, 0.1) is 5.92 Å². The zero-order valence-electron chi connectivity index (χ0n) is 15.3. The second kappa shape index (κ2) is 8.60. The molecule has 2 unspecified atom stereocenters. The summed E-state index contributed by atoms with van der Waals surface area (Å²) in [5.41, 5.74) is 0.242. The molecule has 1 fully saturated rings. The van der Waals surface area contributed by atoms with E-state index in [4.69, 9.17) is 25.8 Å². The Morgan fingerprint density at radius 3 is 2.58 bits per heavy atom. The van der Waals surface area contributed by atoms with E-state index in [1.165, 1.54) is 31.3 Å². The topological polar surface area (TPSA) is 85.3 Å². The molecule has 1 aromatic carbocycles. The van der Waals surface area contributed by atoms with Crippen LogP contribution in [-0.2, 0) is 9.53 Å². The van der Waals surface area contributed by atoms with Crippen molar-refractivity contribution in [2.45, 2.75) is 32.4 Å². The Balaban J connectivity index is 2.31. The molecule has 1 saturated heterocycles. The van der Waals surface area contributed by atoms with Crippen LogP contribution in [-0.4, -0.2) is 61.4 Å². The molecule has 144 valence electrons. The normalized spacial score (nSPS) is 19.7. The molecule has 1 aliphatic heterocycles. The summed E-state index contributed by atoms with van der Waals surface area (Å²) in [6.07, 6.45) is -0.0658. The van der Waals surface area contributed by atoms with Crippen molar-refractivity contribution in [3.05, 3.63) is 22.7 Å². The van der Waals surface area contributed by atoms with Crippen molar-refractivity contribution in [3.63, 3.8) is 0 Å². The van der Waals surface area contributed by atoms with Gasteiger partial charge in [-0.2, -0.15) is 0 Å². The first-order valence-electron chi connectivity index (χ1n) is 8.35. The molecule has 0 bridgehead atoms. The summed E-state index contributed by atoms with van der Waals surface area (Å²) in [4.78, 5) is 25.6. The van der Waals surface area contributed by atoms with Crippen molar-refractivity contribution in [2.75, 3.05) is 27.4 Å². The number of carboxylic acids is 1. The van der Waals surface area contributed by atoms with E-state index in [0.717, 1.165) is 0 Å². The lowest BCUT2D eigenvalue weighted by Crippen LogP contribution is -2.40. The number of hydrogen-bond donors (Lipinski definition) is 1. The number of nitrogens with zero attached hydrogens (tertiary/aromatic N) is 1. The molecule has 0 radical (unpaired) electrons. The molecular formula is C18H24ClNO6. The SMILES string of the molecule is COc1cc(C(=O)N2CC(OC)CC2C(=O)O)cc(Cl)c1OCC(C)C. The highest BCUT2D eigenvalue weighted by atomic mass is 35.5. The number of aliphatic carboxylic acids is 1. The number of hydrogen-bond acceptors (Lipinski definition) is 5. The number of carboxylic acid groups (broad SMARTS) is 1. The number of amides is 1. The average molecular weight is 386 g/mol. The van der Waals surface area contributed by atoms with Crippen LogP contribution >= 0.6 is 11.6 Å². The highest BCUT2D eigenvalue weighted by Crippen LogP contribution is 2.37. The molecular weight excluding hydrogens is 362 g/mol. The fourth-order valence-corrected chi connectivity index (χ4v) is 3.09. The Hall–Kier alpha value is -1.99. The minimum Gasteiger partial charge on any atom is -0.493 e. The lowest BCUT2D eigenvalue weighted by atomic mass is 10.1. The van der Waals surface area contributed by atoms with Crippen molar-refractivity contribution >= 4 is 23.5 Å². The van der Waals surface area contributed by atoms with Gasteiger partial charge in [0.1, 0.15) is 6.04 Å². The Morgan fingerprint density at radius 2 is 2.04 bits per heavy atom. The molecule has 1 amide bonds. The van der Waals surface area contributed by atoms with Crippen LogP contribution in [0.25, 0.3) is 0 Å². The van der Waals surface area contributed by atoms with Gasteiger partial charge >= 0.3 is 5.97 Å². The van der Waals surface area contributed by atoms with E-state index in [9.17, 15) is 14.7 Å².